The highest BCUT2D eigenvalue weighted by molar-refractivity contribution is 5.98. The molecule has 1 aromatic heterocycles. The zero-order chi connectivity index (χ0) is 26.4. The number of aromatic amines is 1. The van der Waals surface area contributed by atoms with E-state index in [1.807, 2.05) is 19.9 Å². The second-order valence-electron chi connectivity index (χ2n) is 8.34. The predicted octanol–water partition coefficient (Wildman–Crippen LogP) is 1.92. The number of non-ortho nitro benzene ring substituents is 1. The Kier molecular flexibility index (Phi) is 8.00. The minimum Gasteiger partial charge on any atom is -0.452 e. The van der Waals surface area contributed by atoms with Crippen molar-refractivity contribution < 1.29 is 19.2 Å². The molecular formula is C24H25N5O7. The predicted molar refractivity (Wildman–Crippen MR) is 132 cm³/mol. The van der Waals surface area contributed by atoms with Gasteiger partial charge in [0.2, 0.25) is 0 Å². The van der Waals surface area contributed by atoms with Crippen LogP contribution in [-0.2, 0) is 16.1 Å². The standard InChI is InChI=1S/C24H25N5O7/c1-15(2)12-27(19(30)14-36-23(32)17-8-10-18(11-9-17)29(34)35)20-21(25)28(24(33)26-22(20)31)13-16-6-4-3-5-7-16/h3-11,15H,12-14,25H2,1-2H3,(H,26,31,33). The molecule has 0 saturated heterocycles. The van der Waals surface area contributed by atoms with Crippen LogP contribution in [-0.4, -0.2) is 39.5 Å². The fourth-order valence-electron chi connectivity index (χ4n) is 3.45. The molecule has 0 aliphatic carbocycles. The number of benzene rings is 2. The van der Waals surface area contributed by atoms with E-state index in [0.29, 0.717) is 0 Å². The molecule has 12 nitrogen and oxygen atoms in total. The van der Waals surface area contributed by atoms with Crippen LogP contribution in [0.2, 0.25) is 0 Å². The van der Waals surface area contributed by atoms with Gasteiger partial charge < -0.3 is 15.4 Å². The number of rotatable bonds is 9. The van der Waals surface area contributed by atoms with Crippen molar-refractivity contribution in [2.45, 2.75) is 20.4 Å². The summed E-state index contributed by atoms with van der Waals surface area (Å²) in [7, 11) is 0. The van der Waals surface area contributed by atoms with Crippen LogP contribution in [0.1, 0.15) is 29.8 Å². The van der Waals surface area contributed by atoms with Gasteiger partial charge in [-0.3, -0.25) is 29.3 Å². The highest BCUT2D eigenvalue weighted by Gasteiger charge is 2.26. The summed E-state index contributed by atoms with van der Waals surface area (Å²) in [6.45, 7) is 3.03. The molecule has 36 heavy (non-hydrogen) atoms. The average molecular weight is 495 g/mol. The SMILES string of the molecule is CC(C)CN(C(=O)COC(=O)c1ccc([N+](=O)[O-])cc1)c1c(N)n(Cc2ccccc2)c(=O)[nH]c1=O. The number of aromatic nitrogens is 2. The number of nitro groups is 1. The van der Waals surface area contributed by atoms with Crippen molar-refractivity contribution in [1.29, 1.82) is 0 Å². The zero-order valence-corrected chi connectivity index (χ0v) is 19.7. The van der Waals surface area contributed by atoms with E-state index in [0.717, 1.165) is 27.2 Å². The Morgan fingerprint density at radius 2 is 1.75 bits per heavy atom. The molecule has 1 heterocycles. The number of nitrogen functional groups attached to an aromatic ring is 1. The lowest BCUT2D eigenvalue weighted by molar-refractivity contribution is -0.384. The molecule has 188 valence electrons. The van der Waals surface area contributed by atoms with Crippen LogP contribution in [0.3, 0.4) is 0 Å². The van der Waals surface area contributed by atoms with Crippen molar-refractivity contribution >= 4 is 29.1 Å². The number of nitrogens with two attached hydrogens (primary N) is 1. The normalized spacial score (nSPS) is 10.8. The van der Waals surface area contributed by atoms with Crippen molar-refractivity contribution in [2.24, 2.45) is 5.92 Å². The number of nitrogens with one attached hydrogen (secondary N) is 1. The molecule has 0 unspecified atom stereocenters. The molecule has 0 saturated carbocycles. The maximum Gasteiger partial charge on any atom is 0.338 e. The van der Waals surface area contributed by atoms with E-state index in [1.54, 1.807) is 24.3 Å². The van der Waals surface area contributed by atoms with Crippen molar-refractivity contribution in [3.8, 4) is 0 Å². The van der Waals surface area contributed by atoms with Crippen molar-refractivity contribution in [2.75, 3.05) is 23.8 Å². The molecule has 0 bridgehead atoms. The number of hydrogen-bond acceptors (Lipinski definition) is 8. The van der Waals surface area contributed by atoms with Crippen LogP contribution >= 0.6 is 0 Å². The van der Waals surface area contributed by atoms with Gasteiger partial charge in [0, 0.05) is 18.7 Å². The van der Waals surface area contributed by atoms with E-state index in [-0.39, 0.29) is 41.8 Å². The van der Waals surface area contributed by atoms with Crippen LogP contribution in [0, 0.1) is 16.0 Å². The van der Waals surface area contributed by atoms with Crippen LogP contribution in [0.15, 0.2) is 64.2 Å². The number of amides is 1. The number of nitrogens with zero attached hydrogens (tertiary/aromatic N) is 3. The molecule has 0 aliphatic rings. The Bertz CT molecular complexity index is 1380. The van der Waals surface area contributed by atoms with Gasteiger partial charge in [0.1, 0.15) is 5.82 Å². The third-order valence-electron chi connectivity index (χ3n) is 5.16. The van der Waals surface area contributed by atoms with Crippen LogP contribution in [0.25, 0.3) is 0 Å². The molecule has 0 aliphatic heterocycles. The number of esters is 1. The fourth-order valence-corrected chi connectivity index (χ4v) is 3.45. The third-order valence-corrected chi connectivity index (χ3v) is 5.16. The first-order chi connectivity index (χ1) is 17.1. The monoisotopic (exact) mass is 495 g/mol. The van der Waals surface area contributed by atoms with Gasteiger partial charge in [0.05, 0.1) is 17.0 Å². The summed E-state index contributed by atoms with van der Waals surface area (Å²) in [6.07, 6.45) is 0. The summed E-state index contributed by atoms with van der Waals surface area (Å²) >= 11 is 0. The van der Waals surface area contributed by atoms with Crippen molar-refractivity contribution in [3.05, 3.63) is 96.7 Å². The molecule has 0 spiro atoms. The van der Waals surface area contributed by atoms with E-state index in [1.165, 1.54) is 12.1 Å². The maximum absolute atomic E-state index is 13.1. The summed E-state index contributed by atoms with van der Waals surface area (Å²) in [6, 6.07) is 13.6. The summed E-state index contributed by atoms with van der Waals surface area (Å²) < 4.78 is 6.23. The quantitative estimate of drug-likeness (QED) is 0.257. The molecule has 1 amide bonds. The molecule has 0 fully saturated rings. The largest absolute Gasteiger partial charge is 0.452 e. The highest BCUT2D eigenvalue weighted by atomic mass is 16.6. The number of nitro benzene ring substituents is 1. The van der Waals surface area contributed by atoms with Gasteiger partial charge >= 0.3 is 11.7 Å². The Hall–Kier alpha value is -4.74. The van der Waals surface area contributed by atoms with E-state index in [4.69, 9.17) is 10.5 Å². The zero-order valence-electron chi connectivity index (χ0n) is 19.7. The first kappa shape index (κ1) is 25.9. The smallest absolute Gasteiger partial charge is 0.338 e. The average Bonchev–Trinajstić information content (AvgIpc) is 2.84. The van der Waals surface area contributed by atoms with E-state index in [9.17, 15) is 29.3 Å². The van der Waals surface area contributed by atoms with Gasteiger partial charge in [-0.2, -0.15) is 0 Å². The van der Waals surface area contributed by atoms with Crippen LogP contribution in [0.4, 0.5) is 17.2 Å². The highest BCUT2D eigenvalue weighted by Crippen LogP contribution is 2.20. The number of anilines is 2. The van der Waals surface area contributed by atoms with Gasteiger partial charge in [-0.1, -0.05) is 44.2 Å². The van der Waals surface area contributed by atoms with Crippen molar-refractivity contribution in [1.82, 2.24) is 9.55 Å². The molecule has 3 aromatic rings. The minimum atomic E-state index is -0.876. The number of ether oxygens (including phenoxy) is 1. The Labute approximate surface area is 205 Å². The van der Waals surface area contributed by atoms with Crippen LogP contribution < -0.4 is 21.9 Å². The lowest BCUT2D eigenvalue weighted by atomic mass is 10.2. The Balaban J connectivity index is 1.87. The summed E-state index contributed by atoms with van der Waals surface area (Å²) in [5, 5.41) is 10.8. The topological polar surface area (TPSA) is 171 Å². The number of H-pyrrole nitrogens is 1. The molecule has 12 heteroatoms. The molecule has 3 N–H and O–H groups in total. The molecule has 0 radical (unpaired) electrons. The fraction of sp³-hybridized carbons (Fsp3) is 0.250. The van der Waals surface area contributed by atoms with Gasteiger partial charge in [0.25, 0.3) is 17.2 Å². The summed E-state index contributed by atoms with van der Waals surface area (Å²) in [4.78, 5) is 64.1. The van der Waals surface area contributed by atoms with Crippen molar-refractivity contribution in [3.63, 3.8) is 0 Å². The Morgan fingerprint density at radius 3 is 2.33 bits per heavy atom. The molecule has 0 atom stereocenters. The number of carbonyl (C=O) groups excluding carboxylic acids is 2. The van der Waals surface area contributed by atoms with E-state index < -0.39 is 34.7 Å². The Morgan fingerprint density at radius 1 is 1.11 bits per heavy atom. The lowest BCUT2D eigenvalue weighted by Gasteiger charge is -2.26. The van der Waals surface area contributed by atoms with Gasteiger partial charge in [0.15, 0.2) is 12.3 Å². The summed E-state index contributed by atoms with van der Waals surface area (Å²) in [5.74, 6) is -1.92. The van der Waals surface area contributed by atoms with Gasteiger partial charge in [-0.25, -0.2) is 9.59 Å². The van der Waals surface area contributed by atoms with E-state index in [2.05, 4.69) is 4.98 Å². The summed E-state index contributed by atoms with van der Waals surface area (Å²) in [5.41, 5.74) is 4.98. The third kappa shape index (κ3) is 6.03. The molecule has 3 rings (SSSR count). The second kappa shape index (κ2) is 11.1. The minimum absolute atomic E-state index is 0.0116. The lowest BCUT2D eigenvalue weighted by Crippen LogP contribution is -2.44. The molecule has 2 aromatic carbocycles. The van der Waals surface area contributed by atoms with E-state index >= 15 is 0 Å². The second-order valence-corrected chi connectivity index (χ2v) is 8.34. The van der Waals surface area contributed by atoms with Crippen LogP contribution in [0.5, 0.6) is 0 Å². The molecular weight excluding hydrogens is 470 g/mol. The number of carbonyl (C=O) groups is 2. The maximum atomic E-state index is 13.1. The van der Waals surface area contributed by atoms with Gasteiger partial charge in [-0.15, -0.1) is 0 Å². The first-order valence-corrected chi connectivity index (χ1v) is 11.0. The van der Waals surface area contributed by atoms with Gasteiger partial charge in [-0.05, 0) is 23.6 Å². The number of hydrogen-bond donors (Lipinski definition) is 2. The first-order valence-electron chi connectivity index (χ1n) is 11.0.